The summed E-state index contributed by atoms with van der Waals surface area (Å²) in [7, 11) is -2.47. The van der Waals surface area contributed by atoms with Crippen molar-refractivity contribution in [1.29, 1.82) is 0 Å². The van der Waals surface area contributed by atoms with E-state index in [1.54, 1.807) is 0 Å². The first kappa shape index (κ1) is 19.7. The Morgan fingerprint density at radius 1 is 1.29 bits per heavy atom. The van der Waals surface area contributed by atoms with Crippen LogP contribution in [0.1, 0.15) is 29.8 Å². The van der Waals surface area contributed by atoms with Crippen LogP contribution in [-0.2, 0) is 10.0 Å². The van der Waals surface area contributed by atoms with Gasteiger partial charge in [0.05, 0.1) is 29.8 Å². The first-order valence-electron chi connectivity index (χ1n) is 8.21. The lowest BCUT2D eigenvalue weighted by atomic mass is 10.0. The third kappa shape index (κ3) is 3.42. The first-order chi connectivity index (χ1) is 13.2. The van der Waals surface area contributed by atoms with E-state index in [4.69, 9.17) is 4.74 Å². The number of ether oxygens (including phenoxy) is 1. The summed E-state index contributed by atoms with van der Waals surface area (Å²) in [4.78, 5) is 19.7. The number of nitrogens with zero attached hydrogens (tertiary/aromatic N) is 1. The topological polar surface area (TPSA) is 101 Å². The molecule has 10 heteroatoms. The van der Waals surface area contributed by atoms with Gasteiger partial charge in [-0.2, -0.15) is 0 Å². The van der Waals surface area contributed by atoms with Gasteiger partial charge in [0.15, 0.2) is 5.82 Å². The quantitative estimate of drug-likeness (QED) is 0.609. The van der Waals surface area contributed by atoms with Crippen LogP contribution >= 0.6 is 0 Å². The minimum absolute atomic E-state index is 0.0249. The number of nitrogens with one attached hydrogen (secondary N) is 2. The number of carbonyl (C=O) groups excluding carboxylic acids is 1. The zero-order chi connectivity index (χ0) is 20.6. The molecule has 2 aromatic heterocycles. The molecule has 0 atom stereocenters. The van der Waals surface area contributed by atoms with E-state index in [9.17, 15) is 22.0 Å². The summed E-state index contributed by atoms with van der Waals surface area (Å²) < 4.78 is 60.3. The number of hydrogen-bond acceptors (Lipinski definition) is 5. The number of methoxy groups -OCH3 is 1. The van der Waals surface area contributed by atoms with Crippen LogP contribution in [0.3, 0.4) is 0 Å². The van der Waals surface area contributed by atoms with Crippen LogP contribution in [0.25, 0.3) is 11.0 Å². The Morgan fingerprint density at radius 2 is 2.00 bits per heavy atom. The van der Waals surface area contributed by atoms with Gasteiger partial charge >= 0.3 is 0 Å². The number of anilines is 1. The monoisotopic (exact) mass is 409 g/mol. The molecule has 2 heterocycles. The Kier molecular flexibility index (Phi) is 5.07. The highest BCUT2D eigenvalue weighted by molar-refractivity contribution is 7.93. The fourth-order valence-corrected chi connectivity index (χ4v) is 3.23. The van der Waals surface area contributed by atoms with Gasteiger partial charge in [0.2, 0.25) is 15.8 Å². The van der Waals surface area contributed by atoms with E-state index in [1.165, 1.54) is 39.4 Å². The standard InChI is InChI=1S/C18H17F2N3O4S/c1-9(2)28(25,26)23-14-5-4-13(19)15(16(14)20)17(24)12-8-22-18-11(12)6-10(27-3)7-21-18/h4-9,23H,1-3H3,(H,21,22). The van der Waals surface area contributed by atoms with Gasteiger partial charge in [-0.3, -0.25) is 9.52 Å². The van der Waals surface area contributed by atoms with Crippen molar-refractivity contribution < 1.29 is 26.7 Å². The van der Waals surface area contributed by atoms with Crippen molar-refractivity contribution in [1.82, 2.24) is 9.97 Å². The Bertz CT molecular complexity index is 1170. The minimum atomic E-state index is -3.88. The van der Waals surface area contributed by atoms with E-state index in [-0.39, 0.29) is 5.56 Å². The maximum atomic E-state index is 14.9. The fourth-order valence-electron chi connectivity index (χ4n) is 2.53. The third-order valence-corrected chi connectivity index (χ3v) is 5.92. The second kappa shape index (κ2) is 7.19. The van der Waals surface area contributed by atoms with Crippen LogP contribution in [-0.4, -0.2) is 36.5 Å². The molecular formula is C18H17F2N3O4S. The number of halogens is 2. The predicted molar refractivity (Wildman–Crippen MR) is 100 cm³/mol. The number of benzene rings is 1. The molecule has 0 saturated carbocycles. The number of hydrogen-bond donors (Lipinski definition) is 2. The number of fused-ring (bicyclic) bond motifs is 1. The normalized spacial score (nSPS) is 11.8. The molecule has 3 rings (SSSR count). The molecule has 1 aromatic carbocycles. The lowest BCUT2D eigenvalue weighted by Crippen LogP contribution is -2.23. The number of aromatic amines is 1. The number of rotatable bonds is 6. The molecule has 0 fully saturated rings. The molecule has 28 heavy (non-hydrogen) atoms. The largest absolute Gasteiger partial charge is 0.495 e. The van der Waals surface area contributed by atoms with Gasteiger partial charge in [-0.05, 0) is 32.0 Å². The van der Waals surface area contributed by atoms with Crippen LogP contribution in [0, 0.1) is 11.6 Å². The van der Waals surface area contributed by atoms with E-state index in [0.29, 0.717) is 16.8 Å². The van der Waals surface area contributed by atoms with E-state index in [2.05, 4.69) is 9.97 Å². The van der Waals surface area contributed by atoms with E-state index >= 15 is 0 Å². The van der Waals surface area contributed by atoms with Crippen LogP contribution in [0.5, 0.6) is 5.75 Å². The molecule has 2 N–H and O–H groups in total. The number of ketones is 1. The van der Waals surface area contributed by atoms with Gasteiger partial charge in [0, 0.05) is 17.1 Å². The van der Waals surface area contributed by atoms with Crippen molar-refractivity contribution in [3.05, 3.63) is 53.4 Å². The smallest absolute Gasteiger partial charge is 0.235 e. The number of carbonyl (C=O) groups is 1. The van der Waals surface area contributed by atoms with Crippen molar-refractivity contribution in [2.75, 3.05) is 11.8 Å². The lowest BCUT2D eigenvalue weighted by Gasteiger charge is -2.13. The Balaban J connectivity index is 2.11. The highest BCUT2D eigenvalue weighted by Gasteiger charge is 2.26. The van der Waals surface area contributed by atoms with Gasteiger partial charge in [0.1, 0.15) is 17.2 Å². The molecule has 0 radical (unpaired) electrons. The summed E-state index contributed by atoms with van der Waals surface area (Å²) in [6.45, 7) is 2.81. The number of pyridine rings is 1. The van der Waals surface area contributed by atoms with Crippen molar-refractivity contribution in [2.24, 2.45) is 0 Å². The zero-order valence-electron chi connectivity index (χ0n) is 15.2. The maximum Gasteiger partial charge on any atom is 0.235 e. The molecule has 7 nitrogen and oxygen atoms in total. The first-order valence-corrected chi connectivity index (χ1v) is 9.75. The number of aromatic nitrogens is 2. The van der Waals surface area contributed by atoms with E-state index in [1.807, 2.05) is 4.72 Å². The summed E-state index contributed by atoms with van der Waals surface area (Å²) in [6, 6.07) is 3.27. The summed E-state index contributed by atoms with van der Waals surface area (Å²) >= 11 is 0. The summed E-state index contributed by atoms with van der Waals surface area (Å²) in [5.41, 5.74) is -1.06. The van der Waals surface area contributed by atoms with Crippen LogP contribution in [0.2, 0.25) is 0 Å². The Morgan fingerprint density at radius 3 is 2.64 bits per heavy atom. The van der Waals surface area contributed by atoms with E-state index in [0.717, 1.165) is 12.1 Å². The SMILES string of the molecule is COc1cnc2[nH]cc(C(=O)c3c(F)ccc(NS(=O)(=O)C(C)C)c3F)c2c1. The molecule has 0 saturated heterocycles. The molecule has 0 aliphatic rings. The summed E-state index contributed by atoms with van der Waals surface area (Å²) in [5, 5.41) is -0.528. The van der Waals surface area contributed by atoms with Gasteiger partial charge in [-0.1, -0.05) is 0 Å². The molecule has 0 aliphatic heterocycles. The second-order valence-electron chi connectivity index (χ2n) is 6.28. The molecule has 0 amide bonds. The van der Waals surface area contributed by atoms with Crippen LogP contribution < -0.4 is 9.46 Å². The van der Waals surface area contributed by atoms with Gasteiger partial charge in [0.25, 0.3) is 0 Å². The third-order valence-electron chi connectivity index (χ3n) is 4.18. The highest BCUT2D eigenvalue weighted by Crippen LogP contribution is 2.28. The van der Waals surface area contributed by atoms with Gasteiger partial charge in [-0.15, -0.1) is 0 Å². The molecule has 148 valence electrons. The van der Waals surface area contributed by atoms with Crippen molar-refractivity contribution >= 4 is 32.5 Å². The van der Waals surface area contributed by atoms with Crippen molar-refractivity contribution in [3.63, 3.8) is 0 Å². The predicted octanol–water partition coefficient (Wildman–Crippen LogP) is 3.23. The average Bonchev–Trinajstić information content (AvgIpc) is 3.06. The Labute approximate surface area is 159 Å². The molecule has 3 aromatic rings. The lowest BCUT2D eigenvalue weighted by molar-refractivity contribution is 0.103. The Hall–Kier alpha value is -3.01. The van der Waals surface area contributed by atoms with Crippen LogP contribution in [0.15, 0.2) is 30.6 Å². The summed E-state index contributed by atoms with van der Waals surface area (Å²) in [6.07, 6.45) is 2.71. The second-order valence-corrected chi connectivity index (χ2v) is 8.52. The summed E-state index contributed by atoms with van der Waals surface area (Å²) in [5.74, 6) is -3.00. The molecule has 0 aliphatic carbocycles. The zero-order valence-corrected chi connectivity index (χ0v) is 16.0. The minimum Gasteiger partial charge on any atom is -0.495 e. The van der Waals surface area contributed by atoms with Gasteiger partial charge < -0.3 is 9.72 Å². The molecule has 0 unspecified atom stereocenters. The number of H-pyrrole nitrogens is 1. The van der Waals surface area contributed by atoms with Crippen LogP contribution in [0.4, 0.5) is 14.5 Å². The van der Waals surface area contributed by atoms with Gasteiger partial charge in [-0.25, -0.2) is 22.2 Å². The molecule has 0 bridgehead atoms. The average molecular weight is 409 g/mol. The maximum absolute atomic E-state index is 14.9. The van der Waals surface area contributed by atoms with Crippen molar-refractivity contribution in [3.8, 4) is 5.75 Å². The highest BCUT2D eigenvalue weighted by atomic mass is 32.2. The molecule has 0 spiro atoms. The molecular weight excluding hydrogens is 392 g/mol. The van der Waals surface area contributed by atoms with Crippen molar-refractivity contribution in [2.45, 2.75) is 19.1 Å². The van der Waals surface area contributed by atoms with E-state index < -0.39 is 43.9 Å². The number of sulfonamides is 1. The fraction of sp³-hybridized carbons (Fsp3) is 0.222.